The van der Waals surface area contributed by atoms with Crippen molar-refractivity contribution in [3.05, 3.63) is 78.1 Å². The highest BCUT2D eigenvalue weighted by atomic mass is 16.5. The molecule has 0 bridgehead atoms. The number of methoxy groups -OCH3 is 1. The van der Waals surface area contributed by atoms with Crippen molar-refractivity contribution in [2.75, 3.05) is 19.5 Å². The fourth-order valence-electron chi connectivity index (χ4n) is 5.32. The van der Waals surface area contributed by atoms with Gasteiger partial charge in [0, 0.05) is 34.2 Å². The number of benzene rings is 3. The lowest BCUT2D eigenvalue weighted by atomic mass is 9.93. The maximum absolute atomic E-state index is 12.2. The molecule has 5 aromatic rings. The molecule has 0 radical (unpaired) electrons. The number of esters is 1. The first-order valence-electron chi connectivity index (χ1n) is 13.7. The number of hydrogen-bond acceptors (Lipinski definition) is 7. The van der Waals surface area contributed by atoms with E-state index in [4.69, 9.17) is 25.0 Å². The zero-order valence-electron chi connectivity index (χ0n) is 22.7. The van der Waals surface area contributed by atoms with E-state index >= 15 is 0 Å². The second-order valence-electron chi connectivity index (χ2n) is 10.1. The number of nitrogens with two attached hydrogens (primary N) is 1. The van der Waals surface area contributed by atoms with Crippen LogP contribution in [0.1, 0.15) is 43.5 Å². The van der Waals surface area contributed by atoms with Crippen LogP contribution in [0.15, 0.2) is 66.9 Å². The van der Waals surface area contributed by atoms with Crippen molar-refractivity contribution in [2.45, 2.75) is 45.3 Å². The normalized spacial score (nSPS) is 13.3. The second-order valence-corrected chi connectivity index (χ2v) is 10.1. The average Bonchev–Trinajstić information content (AvgIpc) is 3.27. The van der Waals surface area contributed by atoms with Gasteiger partial charge in [-0.25, -0.2) is 4.98 Å². The summed E-state index contributed by atoms with van der Waals surface area (Å²) >= 11 is 0. The molecular formula is C32H32N4O4. The van der Waals surface area contributed by atoms with Crippen LogP contribution in [0, 0.1) is 0 Å². The van der Waals surface area contributed by atoms with E-state index in [2.05, 4.69) is 33.9 Å². The van der Waals surface area contributed by atoms with Crippen LogP contribution in [0.25, 0.3) is 32.8 Å². The number of para-hydroxylation sites is 1. The molecule has 0 atom stereocenters. The van der Waals surface area contributed by atoms with Gasteiger partial charge in [-0.3, -0.25) is 9.48 Å². The Hall–Kier alpha value is -4.59. The quantitative estimate of drug-likeness (QED) is 0.222. The molecule has 0 saturated heterocycles. The lowest BCUT2D eigenvalue weighted by Crippen LogP contribution is -2.21. The Labute approximate surface area is 232 Å². The first-order chi connectivity index (χ1) is 19.6. The predicted octanol–water partition coefficient (Wildman–Crippen LogP) is 6.25. The van der Waals surface area contributed by atoms with Gasteiger partial charge in [-0.05, 0) is 61.4 Å². The number of hydrogen-bond donors (Lipinski definition) is 1. The standard InChI is InChI=1S/C32H32N4O4/c1-3-39-31(37)16-22-7-4-5-10-29(22)40-19-28-26-17-24(21-12-11-20-13-14-34-32(33)25(20)15-21)30(38-2)18-27(26)35-36(28)23-8-6-9-23/h4-5,7,10-15,17-18,23H,3,6,8-9,16,19H2,1-2H3,(H2,33,34). The summed E-state index contributed by atoms with van der Waals surface area (Å²) in [6.07, 6.45) is 5.23. The van der Waals surface area contributed by atoms with Crippen LogP contribution in [0.2, 0.25) is 0 Å². The predicted molar refractivity (Wildman–Crippen MR) is 155 cm³/mol. The molecule has 1 fully saturated rings. The minimum atomic E-state index is -0.272. The second kappa shape index (κ2) is 10.9. The van der Waals surface area contributed by atoms with Crippen LogP contribution < -0.4 is 15.2 Å². The van der Waals surface area contributed by atoms with Crippen molar-refractivity contribution >= 4 is 33.5 Å². The molecule has 0 unspecified atom stereocenters. The fourth-order valence-corrected chi connectivity index (χ4v) is 5.32. The summed E-state index contributed by atoms with van der Waals surface area (Å²) in [6.45, 7) is 2.47. The zero-order chi connectivity index (χ0) is 27.6. The fraction of sp³-hybridized carbons (Fsp3) is 0.281. The smallest absolute Gasteiger partial charge is 0.310 e. The number of nitrogens with zero attached hydrogens (tertiary/aromatic N) is 3. The van der Waals surface area contributed by atoms with Crippen LogP contribution in [0.3, 0.4) is 0 Å². The number of pyridine rings is 1. The maximum Gasteiger partial charge on any atom is 0.310 e. The van der Waals surface area contributed by atoms with Crippen molar-refractivity contribution in [3.63, 3.8) is 0 Å². The van der Waals surface area contributed by atoms with E-state index in [1.807, 2.05) is 36.4 Å². The number of anilines is 1. The summed E-state index contributed by atoms with van der Waals surface area (Å²) in [6, 6.07) is 20.2. The molecule has 204 valence electrons. The average molecular weight is 537 g/mol. The molecule has 0 aliphatic heterocycles. The molecule has 40 heavy (non-hydrogen) atoms. The van der Waals surface area contributed by atoms with Crippen LogP contribution in [0.5, 0.6) is 11.5 Å². The zero-order valence-corrected chi connectivity index (χ0v) is 22.7. The molecule has 2 aromatic heterocycles. The topological polar surface area (TPSA) is 101 Å². The number of carbonyl (C=O) groups is 1. The van der Waals surface area contributed by atoms with Crippen molar-refractivity contribution < 1.29 is 19.0 Å². The SMILES string of the molecule is CCOC(=O)Cc1ccccc1OCc1c2cc(-c3ccc4ccnc(N)c4c3)c(OC)cc2nn1C1CCC1. The van der Waals surface area contributed by atoms with Crippen LogP contribution >= 0.6 is 0 Å². The first-order valence-corrected chi connectivity index (χ1v) is 13.7. The molecule has 2 heterocycles. The minimum Gasteiger partial charge on any atom is -0.496 e. The van der Waals surface area contributed by atoms with Gasteiger partial charge in [0.1, 0.15) is 23.9 Å². The maximum atomic E-state index is 12.2. The van der Waals surface area contributed by atoms with Gasteiger partial charge in [0.05, 0.1) is 37.4 Å². The summed E-state index contributed by atoms with van der Waals surface area (Å²) in [5, 5.41) is 7.94. The highest BCUT2D eigenvalue weighted by Crippen LogP contribution is 2.40. The lowest BCUT2D eigenvalue weighted by Gasteiger charge is -2.27. The molecule has 6 rings (SSSR count). The third-order valence-corrected chi connectivity index (χ3v) is 7.63. The highest BCUT2D eigenvalue weighted by molar-refractivity contribution is 5.97. The Morgan fingerprint density at radius 1 is 1.05 bits per heavy atom. The van der Waals surface area contributed by atoms with Crippen LogP contribution in [-0.2, 0) is 22.6 Å². The molecule has 2 N–H and O–H groups in total. The molecule has 8 nitrogen and oxygen atoms in total. The Kier molecular flexibility index (Phi) is 6.99. The molecule has 1 aliphatic rings. The monoisotopic (exact) mass is 536 g/mol. The minimum absolute atomic E-state index is 0.161. The van der Waals surface area contributed by atoms with Crippen LogP contribution in [0.4, 0.5) is 5.82 Å². The van der Waals surface area contributed by atoms with Crippen molar-refractivity contribution in [2.24, 2.45) is 0 Å². The van der Waals surface area contributed by atoms with E-state index < -0.39 is 0 Å². The number of nitrogen functional groups attached to an aromatic ring is 1. The molecule has 3 aromatic carbocycles. The van der Waals surface area contributed by atoms with E-state index in [0.29, 0.717) is 30.8 Å². The number of rotatable bonds is 9. The largest absolute Gasteiger partial charge is 0.496 e. The van der Waals surface area contributed by atoms with Gasteiger partial charge in [-0.2, -0.15) is 5.10 Å². The Balaban J connectivity index is 1.41. The van der Waals surface area contributed by atoms with E-state index in [-0.39, 0.29) is 12.4 Å². The molecular weight excluding hydrogens is 504 g/mol. The van der Waals surface area contributed by atoms with Gasteiger partial charge < -0.3 is 19.9 Å². The Bertz CT molecular complexity index is 1710. The van der Waals surface area contributed by atoms with E-state index in [1.165, 1.54) is 6.42 Å². The van der Waals surface area contributed by atoms with Gasteiger partial charge in [-0.15, -0.1) is 0 Å². The lowest BCUT2D eigenvalue weighted by molar-refractivity contribution is -0.142. The Morgan fingerprint density at radius 3 is 2.67 bits per heavy atom. The third-order valence-electron chi connectivity index (χ3n) is 7.63. The summed E-state index contributed by atoms with van der Waals surface area (Å²) < 4.78 is 19.5. The molecule has 0 spiro atoms. The summed E-state index contributed by atoms with van der Waals surface area (Å²) in [4.78, 5) is 16.4. The summed E-state index contributed by atoms with van der Waals surface area (Å²) in [7, 11) is 1.68. The van der Waals surface area contributed by atoms with Gasteiger partial charge >= 0.3 is 5.97 Å². The Morgan fingerprint density at radius 2 is 1.90 bits per heavy atom. The number of carbonyl (C=O) groups excluding carboxylic acids is 1. The van der Waals surface area contributed by atoms with Crippen molar-refractivity contribution in [1.29, 1.82) is 0 Å². The van der Waals surface area contributed by atoms with E-state index in [9.17, 15) is 4.79 Å². The summed E-state index contributed by atoms with van der Waals surface area (Å²) in [5.41, 5.74) is 10.8. The molecule has 1 aliphatic carbocycles. The third kappa shape index (κ3) is 4.81. The number of aromatic nitrogens is 3. The van der Waals surface area contributed by atoms with Gasteiger partial charge in [0.2, 0.25) is 0 Å². The highest BCUT2D eigenvalue weighted by Gasteiger charge is 2.26. The van der Waals surface area contributed by atoms with Crippen molar-refractivity contribution in [1.82, 2.24) is 14.8 Å². The van der Waals surface area contributed by atoms with E-state index in [1.54, 1.807) is 20.2 Å². The number of ether oxygens (including phenoxy) is 3. The van der Waals surface area contributed by atoms with Crippen LogP contribution in [-0.4, -0.2) is 34.5 Å². The van der Waals surface area contributed by atoms with Gasteiger partial charge in [-0.1, -0.05) is 30.3 Å². The molecule has 1 saturated carbocycles. The molecule has 8 heteroatoms. The number of fused-ring (bicyclic) bond motifs is 2. The first kappa shape index (κ1) is 25.7. The van der Waals surface area contributed by atoms with Gasteiger partial charge in [0.15, 0.2) is 0 Å². The van der Waals surface area contributed by atoms with Crippen molar-refractivity contribution in [3.8, 4) is 22.6 Å². The molecule has 0 amide bonds. The van der Waals surface area contributed by atoms with Gasteiger partial charge in [0.25, 0.3) is 0 Å². The van der Waals surface area contributed by atoms with E-state index in [0.717, 1.165) is 62.7 Å². The summed E-state index contributed by atoms with van der Waals surface area (Å²) in [5.74, 6) is 1.62.